The highest BCUT2D eigenvalue weighted by Crippen LogP contribution is 2.34. The Morgan fingerprint density at radius 2 is 1.72 bits per heavy atom. The van der Waals surface area contributed by atoms with E-state index >= 15 is 0 Å². The van der Waals surface area contributed by atoms with E-state index in [0.717, 1.165) is 33.1 Å². The van der Waals surface area contributed by atoms with Gasteiger partial charge in [-0.05, 0) is 61.2 Å². The van der Waals surface area contributed by atoms with E-state index in [1.54, 1.807) is 34.6 Å². The van der Waals surface area contributed by atoms with Crippen molar-refractivity contribution in [3.63, 3.8) is 0 Å². The number of para-hydroxylation sites is 1. The summed E-state index contributed by atoms with van der Waals surface area (Å²) in [6.45, 7) is 3.72. The van der Waals surface area contributed by atoms with E-state index < -0.39 is 0 Å². The number of thiophene rings is 2. The van der Waals surface area contributed by atoms with Gasteiger partial charge in [-0.25, -0.2) is 4.98 Å². The zero-order chi connectivity index (χ0) is 32.2. The van der Waals surface area contributed by atoms with Crippen molar-refractivity contribution in [2.75, 3.05) is 17.3 Å². The van der Waals surface area contributed by atoms with Gasteiger partial charge in [-0.3, -0.25) is 14.7 Å². The number of carbonyl (C=O) groups excluding carboxylic acids is 2. The van der Waals surface area contributed by atoms with Crippen LogP contribution < -0.4 is 10.2 Å². The SMILES string of the molecule is CC(Sc1n[nH]c(-c2ccsc2)n1)C(=O)Nc1ccc(-c2cc(-c3nnc(SC(C)C(=O)N(C)c4ccccc4)n3C)cs2)cc1. The topological polar surface area (TPSA) is 122 Å². The second-order valence-corrected chi connectivity index (χ2v) is 14.7. The van der Waals surface area contributed by atoms with Crippen LogP contribution in [-0.4, -0.2) is 59.3 Å². The Kier molecular flexibility index (Phi) is 9.68. The molecular weight excluding hydrogens is 657 g/mol. The third-order valence-electron chi connectivity index (χ3n) is 7.14. The molecule has 6 aromatic rings. The van der Waals surface area contributed by atoms with Gasteiger partial charge in [0.05, 0.1) is 10.5 Å². The van der Waals surface area contributed by atoms with E-state index in [-0.39, 0.29) is 22.3 Å². The number of benzene rings is 2. The quantitative estimate of drug-likeness (QED) is 0.136. The summed E-state index contributed by atoms with van der Waals surface area (Å²) < 4.78 is 1.92. The molecule has 2 amide bonds. The van der Waals surface area contributed by atoms with Crippen LogP contribution in [0.25, 0.3) is 33.2 Å². The highest BCUT2D eigenvalue weighted by molar-refractivity contribution is 8.00. The summed E-state index contributed by atoms with van der Waals surface area (Å²) >= 11 is 5.89. The Balaban J connectivity index is 1.05. The Hall–Kier alpha value is -4.24. The van der Waals surface area contributed by atoms with E-state index in [1.165, 1.54) is 23.5 Å². The summed E-state index contributed by atoms with van der Waals surface area (Å²) in [6.07, 6.45) is 0. The van der Waals surface area contributed by atoms with Crippen molar-refractivity contribution in [1.29, 1.82) is 0 Å². The normalized spacial score (nSPS) is 12.5. The maximum absolute atomic E-state index is 13.0. The van der Waals surface area contributed by atoms with E-state index in [0.29, 0.717) is 21.8 Å². The minimum Gasteiger partial charge on any atom is -0.325 e. The summed E-state index contributed by atoms with van der Waals surface area (Å²) in [5, 5.41) is 25.5. The van der Waals surface area contributed by atoms with E-state index in [9.17, 15) is 9.59 Å². The molecule has 2 N–H and O–H groups in total. The summed E-state index contributed by atoms with van der Waals surface area (Å²) in [5.41, 5.74) is 4.51. The van der Waals surface area contributed by atoms with Crippen LogP contribution in [0.1, 0.15) is 13.8 Å². The number of amides is 2. The van der Waals surface area contributed by atoms with Crippen molar-refractivity contribution in [2.45, 2.75) is 34.7 Å². The molecule has 0 saturated heterocycles. The number of nitrogens with zero attached hydrogens (tertiary/aromatic N) is 6. The van der Waals surface area contributed by atoms with Crippen molar-refractivity contribution in [2.24, 2.45) is 7.05 Å². The largest absolute Gasteiger partial charge is 0.325 e. The zero-order valence-electron chi connectivity index (χ0n) is 25.4. The summed E-state index contributed by atoms with van der Waals surface area (Å²) in [7, 11) is 3.69. The van der Waals surface area contributed by atoms with Crippen LogP contribution in [-0.2, 0) is 16.6 Å². The molecule has 4 aromatic heterocycles. The molecule has 0 bridgehead atoms. The van der Waals surface area contributed by atoms with Gasteiger partial charge in [0, 0.05) is 52.2 Å². The first kappa shape index (κ1) is 31.7. The van der Waals surface area contributed by atoms with Gasteiger partial charge in [-0.2, -0.15) is 11.3 Å². The molecule has 234 valence electrons. The van der Waals surface area contributed by atoms with E-state index in [4.69, 9.17) is 0 Å². The molecule has 4 heterocycles. The number of nitrogens with one attached hydrogen (secondary N) is 2. The number of hydrogen-bond donors (Lipinski definition) is 2. The van der Waals surface area contributed by atoms with Gasteiger partial charge in [0.15, 0.2) is 16.8 Å². The second-order valence-electron chi connectivity index (χ2n) is 10.4. The number of anilines is 2. The average molecular weight is 687 g/mol. The molecule has 2 atom stereocenters. The Labute approximate surface area is 282 Å². The maximum Gasteiger partial charge on any atom is 0.240 e. The first-order chi connectivity index (χ1) is 22.3. The van der Waals surface area contributed by atoms with Crippen molar-refractivity contribution in [3.05, 3.63) is 82.9 Å². The summed E-state index contributed by atoms with van der Waals surface area (Å²) in [6, 6.07) is 21.4. The van der Waals surface area contributed by atoms with Crippen LogP contribution in [0.3, 0.4) is 0 Å². The summed E-state index contributed by atoms with van der Waals surface area (Å²) in [4.78, 5) is 33.1. The van der Waals surface area contributed by atoms with Crippen LogP contribution in [0, 0.1) is 0 Å². The van der Waals surface area contributed by atoms with E-state index in [1.807, 2.05) is 102 Å². The second kappa shape index (κ2) is 14.0. The smallest absolute Gasteiger partial charge is 0.240 e. The van der Waals surface area contributed by atoms with Crippen molar-refractivity contribution in [3.8, 4) is 33.2 Å². The minimum atomic E-state index is -0.383. The zero-order valence-corrected chi connectivity index (χ0v) is 28.6. The molecule has 0 aliphatic rings. The number of H-pyrrole nitrogens is 1. The van der Waals surface area contributed by atoms with Gasteiger partial charge >= 0.3 is 0 Å². The lowest BCUT2D eigenvalue weighted by Gasteiger charge is -2.20. The number of thioether (sulfide) groups is 2. The van der Waals surface area contributed by atoms with Crippen LogP contribution in [0.15, 0.2) is 93.2 Å². The molecule has 2 unspecified atom stereocenters. The van der Waals surface area contributed by atoms with Gasteiger partial charge in [0.2, 0.25) is 17.0 Å². The number of aromatic nitrogens is 6. The molecule has 10 nitrogen and oxygen atoms in total. The average Bonchev–Trinajstić information content (AvgIpc) is 3.90. The molecule has 2 aromatic carbocycles. The number of hydrogen-bond acceptors (Lipinski definition) is 10. The highest BCUT2D eigenvalue weighted by atomic mass is 32.2. The fourth-order valence-corrected chi connectivity index (χ4v) is 7.70. The molecule has 6 rings (SSSR count). The fraction of sp³-hybridized carbons (Fsp3) is 0.188. The molecule has 0 spiro atoms. The Morgan fingerprint density at radius 3 is 2.46 bits per heavy atom. The first-order valence-corrected chi connectivity index (χ1v) is 17.9. The van der Waals surface area contributed by atoms with Gasteiger partial charge in [0.1, 0.15) is 0 Å². The third-order valence-corrected chi connectivity index (χ3v) is 10.9. The van der Waals surface area contributed by atoms with Crippen molar-refractivity contribution in [1.82, 2.24) is 29.9 Å². The molecule has 0 radical (unpaired) electrons. The monoisotopic (exact) mass is 686 g/mol. The molecule has 14 heteroatoms. The predicted molar refractivity (Wildman–Crippen MR) is 189 cm³/mol. The van der Waals surface area contributed by atoms with Crippen LogP contribution in [0.4, 0.5) is 11.4 Å². The van der Waals surface area contributed by atoms with E-state index in [2.05, 4.69) is 36.8 Å². The van der Waals surface area contributed by atoms with Gasteiger partial charge in [-0.15, -0.1) is 26.6 Å². The fourth-order valence-electron chi connectivity index (χ4n) is 4.53. The minimum absolute atomic E-state index is 0.00973. The van der Waals surface area contributed by atoms with Crippen LogP contribution in [0.2, 0.25) is 0 Å². The van der Waals surface area contributed by atoms with Crippen molar-refractivity contribution >= 4 is 69.4 Å². The third kappa shape index (κ3) is 7.09. The lowest BCUT2D eigenvalue weighted by atomic mass is 10.1. The molecule has 46 heavy (non-hydrogen) atoms. The van der Waals surface area contributed by atoms with Crippen LogP contribution in [0.5, 0.6) is 0 Å². The maximum atomic E-state index is 13.0. The van der Waals surface area contributed by atoms with Gasteiger partial charge < -0.3 is 14.8 Å². The number of carbonyl (C=O) groups is 2. The Morgan fingerprint density at radius 1 is 0.935 bits per heavy atom. The lowest BCUT2D eigenvalue weighted by molar-refractivity contribution is -0.117. The van der Waals surface area contributed by atoms with Gasteiger partial charge in [0.25, 0.3) is 0 Å². The standard InChI is InChI=1S/C32H30N8O2S4/c1-19(45-31-34-27(35-37-31)22-14-15-43-17-22)29(41)33-24-12-10-21(11-13-24)26-16-23(18-44-26)28-36-38-32(40(28)4)46-20(2)30(42)39(3)25-8-6-5-7-9-25/h5-20H,1-4H3,(H,33,41)(H,34,35,37). The molecule has 0 fully saturated rings. The number of rotatable bonds is 11. The van der Waals surface area contributed by atoms with Gasteiger partial charge in [-0.1, -0.05) is 53.9 Å². The molecule has 0 saturated carbocycles. The first-order valence-electron chi connectivity index (χ1n) is 14.3. The molecule has 0 aliphatic heterocycles. The lowest BCUT2D eigenvalue weighted by Crippen LogP contribution is -2.33. The van der Waals surface area contributed by atoms with Crippen molar-refractivity contribution < 1.29 is 9.59 Å². The summed E-state index contributed by atoms with van der Waals surface area (Å²) in [5.74, 6) is 1.28. The molecule has 0 aliphatic carbocycles. The predicted octanol–water partition coefficient (Wildman–Crippen LogP) is 7.32. The Bertz CT molecular complexity index is 1930. The molecular formula is C32H30N8O2S4. The van der Waals surface area contributed by atoms with Crippen LogP contribution >= 0.6 is 46.2 Å². The number of aromatic amines is 1. The highest BCUT2D eigenvalue weighted by Gasteiger charge is 2.23.